The van der Waals surface area contributed by atoms with E-state index in [-0.39, 0.29) is 51.4 Å². The fourth-order valence-electron chi connectivity index (χ4n) is 1.54. The molecule has 0 spiro atoms. The molecule has 0 aliphatic heterocycles. The van der Waals surface area contributed by atoms with Crippen LogP contribution in [-0.4, -0.2) is 69.1 Å². The van der Waals surface area contributed by atoms with E-state index in [9.17, 15) is 4.79 Å². The molecule has 1 aromatic rings. The van der Waals surface area contributed by atoms with Gasteiger partial charge in [-0.25, -0.2) is 4.79 Å². The Labute approximate surface area is 145 Å². The zero-order valence-corrected chi connectivity index (χ0v) is 9.82. The van der Waals surface area contributed by atoms with E-state index in [4.69, 9.17) is 9.84 Å². The zero-order valence-electron chi connectivity index (χ0n) is 9.82. The maximum atomic E-state index is 10.9. The Kier molecular flexibility index (Phi) is 9.18. The molecule has 0 unspecified atom stereocenters. The zero-order chi connectivity index (χ0) is 12.0. The minimum atomic E-state index is -0.906. The molecule has 0 atom stereocenters. The molecule has 0 fully saturated rings. The van der Waals surface area contributed by atoms with Gasteiger partial charge in [-0.2, -0.15) is 0 Å². The molecule has 1 aromatic carbocycles. The molecule has 3 nitrogen and oxygen atoms in total. The van der Waals surface area contributed by atoms with Gasteiger partial charge in [0.1, 0.15) is 5.75 Å². The summed E-state index contributed by atoms with van der Waals surface area (Å²) in [6, 6.07) is 5.12. The van der Waals surface area contributed by atoms with Gasteiger partial charge in [0.25, 0.3) is 0 Å². The van der Waals surface area contributed by atoms with Gasteiger partial charge in [0, 0.05) is 5.56 Å². The molecule has 1 N–H and O–H groups in total. The van der Waals surface area contributed by atoms with Crippen LogP contribution in [0.15, 0.2) is 18.2 Å². The molecular formula is C13H19KO3. The number of carboxylic acids is 1. The second-order valence-electron chi connectivity index (χ2n) is 3.79. The fraction of sp³-hybridized carbons (Fsp3) is 0.462. The molecular weight excluding hydrogens is 243 g/mol. The second-order valence-corrected chi connectivity index (χ2v) is 3.79. The third-order valence-electron chi connectivity index (χ3n) is 2.52. The first-order chi connectivity index (χ1) is 7.66. The average molecular weight is 262 g/mol. The topological polar surface area (TPSA) is 46.5 Å². The summed E-state index contributed by atoms with van der Waals surface area (Å²) in [6.45, 7) is 4.56. The molecule has 4 heteroatoms. The molecule has 90 valence electrons. The number of hydrogen-bond donors (Lipinski definition) is 1. The Morgan fingerprint density at radius 2 is 2.06 bits per heavy atom. The molecule has 0 amide bonds. The molecule has 0 bridgehead atoms. The summed E-state index contributed by atoms with van der Waals surface area (Å²) in [5.41, 5.74) is 1.01. The van der Waals surface area contributed by atoms with E-state index in [1.165, 1.54) is 0 Å². The van der Waals surface area contributed by atoms with Gasteiger partial charge in [0.2, 0.25) is 0 Å². The average Bonchev–Trinajstić information content (AvgIpc) is 2.26. The predicted octanol–water partition coefficient (Wildman–Crippen LogP) is 2.61. The normalized spacial score (nSPS) is 9.53. The monoisotopic (exact) mass is 262 g/mol. The van der Waals surface area contributed by atoms with Gasteiger partial charge in [0.05, 0.1) is 12.2 Å². The van der Waals surface area contributed by atoms with Crippen LogP contribution in [0.3, 0.4) is 0 Å². The standard InChI is InChI=1S/C13H18O3.K.H/c1-3-4-5-9-16-12-8-6-7-11(10(12)2)13(14)15;;/h6-8H,3-5,9H2,1-2H3,(H,14,15);;. The Hall–Kier alpha value is 0.126. The molecule has 0 aromatic heterocycles. The van der Waals surface area contributed by atoms with Crippen molar-refractivity contribution >= 4 is 57.4 Å². The summed E-state index contributed by atoms with van der Waals surface area (Å²) >= 11 is 0. The van der Waals surface area contributed by atoms with Gasteiger partial charge in [0.15, 0.2) is 0 Å². The van der Waals surface area contributed by atoms with Gasteiger partial charge >= 0.3 is 57.4 Å². The number of carbonyl (C=O) groups is 1. The van der Waals surface area contributed by atoms with Gasteiger partial charge < -0.3 is 9.84 Å². The number of benzene rings is 1. The molecule has 0 saturated heterocycles. The van der Waals surface area contributed by atoms with E-state index in [0.29, 0.717) is 23.5 Å². The maximum absolute atomic E-state index is 10.9. The molecule has 0 saturated carbocycles. The first kappa shape index (κ1) is 17.1. The van der Waals surface area contributed by atoms with Gasteiger partial charge in [-0.3, -0.25) is 0 Å². The summed E-state index contributed by atoms with van der Waals surface area (Å²) in [7, 11) is 0. The van der Waals surface area contributed by atoms with Gasteiger partial charge in [-0.05, 0) is 25.5 Å². The van der Waals surface area contributed by atoms with Crippen molar-refractivity contribution in [1.29, 1.82) is 0 Å². The molecule has 0 heterocycles. The fourth-order valence-corrected chi connectivity index (χ4v) is 1.54. The van der Waals surface area contributed by atoms with Crippen molar-refractivity contribution in [3.8, 4) is 5.75 Å². The van der Waals surface area contributed by atoms with E-state index >= 15 is 0 Å². The van der Waals surface area contributed by atoms with Crippen molar-refractivity contribution in [1.82, 2.24) is 0 Å². The van der Waals surface area contributed by atoms with Gasteiger partial charge in [-0.15, -0.1) is 0 Å². The Morgan fingerprint density at radius 1 is 1.35 bits per heavy atom. The van der Waals surface area contributed by atoms with Crippen molar-refractivity contribution in [2.75, 3.05) is 6.61 Å². The first-order valence-corrected chi connectivity index (χ1v) is 5.62. The van der Waals surface area contributed by atoms with Crippen LogP contribution in [0, 0.1) is 6.92 Å². The van der Waals surface area contributed by atoms with Crippen molar-refractivity contribution < 1.29 is 14.6 Å². The van der Waals surface area contributed by atoms with E-state index in [0.717, 1.165) is 19.3 Å². The number of hydrogen-bond acceptors (Lipinski definition) is 2. The van der Waals surface area contributed by atoms with Crippen molar-refractivity contribution in [2.24, 2.45) is 0 Å². The van der Waals surface area contributed by atoms with E-state index in [1.807, 2.05) is 6.07 Å². The van der Waals surface area contributed by atoms with Crippen LogP contribution in [0.25, 0.3) is 0 Å². The summed E-state index contributed by atoms with van der Waals surface area (Å²) in [4.78, 5) is 10.9. The Balaban J connectivity index is 0.00000256. The van der Waals surface area contributed by atoms with Crippen molar-refractivity contribution in [3.63, 3.8) is 0 Å². The predicted molar refractivity (Wildman–Crippen MR) is 70.3 cm³/mol. The van der Waals surface area contributed by atoms with E-state index in [2.05, 4.69) is 6.92 Å². The van der Waals surface area contributed by atoms with Crippen molar-refractivity contribution in [3.05, 3.63) is 29.3 Å². The number of carboxylic acid groups (broad SMARTS) is 1. The molecule has 1 rings (SSSR count). The van der Waals surface area contributed by atoms with E-state index in [1.54, 1.807) is 19.1 Å². The first-order valence-electron chi connectivity index (χ1n) is 5.62. The quantitative estimate of drug-likeness (QED) is 0.633. The summed E-state index contributed by atoms with van der Waals surface area (Å²) in [5.74, 6) is -0.229. The Bertz CT molecular complexity index is 364. The summed E-state index contributed by atoms with van der Waals surface area (Å²) in [6.07, 6.45) is 3.29. The van der Waals surface area contributed by atoms with Crippen LogP contribution in [0.1, 0.15) is 42.1 Å². The summed E-state index contributed by atoms with van der Waals surface area (Å²) < 4.78 is 5.57. The van der Waals surface area contributed by atoms with Crippen molar-refractivity contribution in [2.45, 2.75) is 33.1 Å². The van der Waals surface area contributed by atoms with Crippen LogP contribution >= 0.6 is 0 Å². The second kappa shape index (κ2) is 9.11. The molecule has 0 radical (unpaired) electrons. The number of unbranched alkanes of at least 4 members (excludes halogenated alkanes) is 2. The Morgan fingerprint density at radius 3 is 2.65 bits per heavy atom. The van der Waals surface area contributed by atoms with Crippen LogP contribution in [0.5, 0.6) is 5.75 Å². The molecule has 0 aliphatic carbocycles. The summed E-state index contributed by atoms with van der Waals surface area (Å²) in [5, 5.41) is 8.94. The van der Waals surface area contributed by atoms with Crippen LogP contribution in [-0.2, 0) is 0 Å². The van der Waals surface area contributed by atoms with Crippen LogP contribution < -0.4 is 4.74 Å². The van der Waals surface area contributed by atoms with E-state index < -0.39 is 5.97 Å². The van der Waals surface area contributed by atoms with Crippen LogP contribution in [0.2, 0.25) is 0 Å². The minimum absolute atomic E-state index is 0. The molecule has 17 heavy (non-hydrogen) atoms. The number of rotatable bonds is 6. The number of aromatic carboxylic acids is 1. The third-order valence-corrected chi connectivity index (χ3v) is 2.52. The SMILES string of the molecule is CCCCCOc1cccc(C(=O)O)c1C.[KH]. The number of ether oxygens (including phenoxy) is 1. The van der Waals surface area contributed by atoms with Gasteiger partial charge in [-0.1, -0.05) is 25.8 Å². The third kappa shape index (κ3) is 5.53. The van der Waals surface area contributed by atoms with Crippen LogP contribution in [0.4, 0.5) is 0 Å². The molecule has 0 aliphatic rings.